The lowest BCUT2D eigenvalue weighted by Crippen LogP contribution is -1.99. The van der Waals surface area contributed by atoms with Crippen LogP contribution in [-0.2, 0) is 13.1 Å². The molecule has 0 fully saturated rings. The molecule has 0 atom stereocenters. The standard InChI is InChI=1S/C9H11N.2C2H6/c1-7-2-3-8-5-10-6-9(8)4-7;2*1-2/h2-4,10H,5-6H2,1H3;2*1-2H3. The minimum absolute atomic E-state index is 1.05. The van der Waals surface area contributed by atoms with Crippen molar-refractivity contribution in [3.8, 4) is 0 Å². The molecule has 1 heterocycles. The summed E-state index contributed by atoms with van der Waals surface area (Å²) in [5.41, 5.74) is 4.30. The Labute approximate surface area is 88.5 Å². The van der Waals surface area contributed by atoms with Gasteiger partial charge in [-0.1, -0.05) is 51.5 Å². The third-order valence-corrected chi connectivity index (χ3v) is 1.99. The molecule has 1 aliphatic heterocycles. The second kappa shape index (κ2) is 7.57. The molecule has 0 saturated heterocycles. The largest absolute Gasteiger partial charge is 0.309 e. The molecule has 1 aliphatic rings. The summed E-state index contributed by atoms with van der Waals surface area (Å²) in [6, 6.07) is 6.64. The topological polar surface area (TPSA) is 12.0 Å². The second-order valence-corrected chi connectivity index (χ2v) is 2.88. The molecule has 0 aromatic heterocycles. The lowest BCUT2D eigenvalue weighted by Gasteiger charge is -1.97. The average molecular weight is 193 g/mol. The summed E-state index contributed by atoms with van der Waals surface area (Å²) >= 11 is 0. The van der Waals surface area contributed by atoms with Gasteiger partial charge >= 0.3 is 0 Å². The molecule has 0 amide bonds. The minimum Gasteiger partial charge on any atom is -0.309 e. The van der Waals surface area contributed by atoms with E-state index in [0.29, 0.717) is 0 Å². The first-order valence-electron chi connectivity index (χ1n) is 5.65. The normalized spacial score (nSPS) is 11.8. The van der Waals surface area contributed by atoms with Crippen LogP contribution in [0.5, 0.6) is 0 Å². The number of benzene rings is 1. The van der Waals surface area contributed by atoms with E-state index >= 15 is 0 Å². The Kier molecular flexibility index (Phi) is 7.13. The highest BCUT2D eigenvalue weighted by atomic mass is 14.9. The second-order valence-electron chi connectivity index (χ2n) is 2.88. The molecule has 1 nitrogen and oxygen atoms in total. The van der Waals surface area contributed by atoms with Gasteiger partial charge in [-0.2, -0.15) is 0 Å². The fraction of sp³-hybridized carbons (Fsp3) is 0.538. The van der Waals surface area contributed by atoms with E-state index in [0.717, 1.165) is 13.1 Å². The maximum atomic E-state index is 3.31. The molecule has 14 heavy (non-hydrogen) atoms. The predicted molar refractivity (Wildman–Crippen MR) is 64.4 cm³/mol. The van der Waals surface area contributed by atoms with Gasteiger partial charge in [0.05, 0.1) is 0 Å². The van der Waals surface area contributed by atoms with Crippen LogP contribution in [0, 0.1) is 6.92 Å². The number of aryl methyl sites for hydroxylation is 1. The summed E-state index contributed by atoms with van der Waals surface area (Å²) in [5.74, 6) is 0. The van der Waals surface area contributed by atoms with Crippen LogP contribution in [0.4, 0.5) is 0 Å². The van der Waals surface area contributed by atoms with Gasteiger partial charge in [0.25, 0.3) is 0 Å². The average Bonchev–Trinajstić information content (AvgIpc) is 2.71. The Morgan fingerprint density at radius 2 is 1.50 bits per heavy atom. The van der Waals surface area contributed by atoms with Gasteiger partial charge < -0.3 is 5.32 Å². The van der Waals surface area contributed by atoms with Crippen molar-refractivity contribution in [3.05, 3.63) is 34.9 Å². The highest BCUT2D eigenvalue weighted by Gasteiger charge is 2.07. The van der Waals surface area contributed by atoms with E-state index in [1.807, 2.05) is 27.7 Å². The van der Waals surface area contributed by atoms with E-state index in [4.69, 9.17) is 0 Å². The summed E-state index contributed by atoms with van der Waals surface area (Å²) in [5, 5.41) is 3.31. The van der Waals surface area contributed by atoms with Crippen molar-refractivity contribution >= 4 is 0 Å². The van der Waals surface area contributed by atoms with Crippen molar-refractivity contribution in [2.75, 3.05) is 0 Å². The molecular weight excluding hydrogens is 170 g/mol. The van der Waals surface area contributed by atoms with Crippen molar-refractivity contribution in [3.63, 3.8) is 0 Å². The van der Waals surface area contributed by atoms with Gasteiger partial charge in [-0.15, -0.1) is 0 Å². The zero-order valence-electron chi connectivity index (χ0n) is 10.1. The molecule has 0 spiro atoms. The smallest absolute Gasteiger partial charge is 0.0212 e. The van der Waals surface area contributed by atoms with E-state index in [-0.39, 0.29) is 0 Å². The number of hydrogen-bond acceptors (Lipinski definition) is 1. The maximum absolute atomic E-state index is 3.31. The summed E-state index contributed by atoms with van der Waals surface area (Å²) < 4.78 is 0. The van der Waals surface area contributed by atoms with Gasteiger partial charge in [-0.25, -0.2) is 0 Å². The highest BCUT2D eigenvalue weighted by molar-refractivity contribution is 5.33. The fourth-order valence-corrected chi connectivity index (χ4v) is 1.42. The van der Waals surface area contributed by atoms with Gasteiger partial charge in [0.15, 0.2) is 0 Å². The number of hydrogen-bond donors (Lipinski definition) is 1. The zero-order valence-corrected chi connectivity index (χ0v) is 10.1. The van der Waals surface area contributed by atoms with E-state index in [2.05, 4.69) is 30.4 Å². The van der Waals surface area contributed by atoms with Crippen molar-refractivity contribution in [2.45, 2.75) is 47.7 Å². The predicted octanol–water partition coefficient (Wildman–Crippen LogP) is 3.65. The first-order valence-corrected chi connectivity index (χ1v) is 5.65. The molecule has 1 aromatic rings. The molecule has 1 N–H and O–H groups in total. The van der Waals surface area contributed by atoms with E-state index in [1.54, 1.807) is 0 Å². The molecule has 80 valence electrons. The molecule has 0 aliphatic carbocycles. The number of fused-ring (bicyclic) bond motifs is 1. The molecule has 1 heteroatoms. The van der Waals surface area contributed by atoms with Crippen molar-refractivity contribution in [1.82, 2.24) is 5.32 Å². The summed E-state index contributed by atoms with van der Waals surface area (Å²) in [4.78, 5) is 0. The third-order valence-electron chi connectivity index (χ3n) is 1.99. The Hall–Kier alpha value is -0.820. The molecular formula is C13H23N. The van der Waals surface area contributed by atoms with Crippen molar-refractivity contribution in [2.24, 2.45) is 0 Å². The van der Waals surface area contributed by atoms with Crippen LogP contribution in [0.25, 0.3) is 0 Å². The lowest BCUT2D eigenvalue weighted by atomic mass is 10.1. The van der Waals surface area contributed by atoms with Crippen LogP contribution >= 0.6 is 0 Å². The third kappa shape index (κ3) is 3.51. The van der Waals surface area contributed by atoms with Crippen LogP contribution in [0.2, 0.25) is 0 Å². The van der Waals surface area contributed by atoms with Gasteiger partial charge in [0.1, 0.15) is 0 Å². The number of nitrogens with one attached hydrogen (secondary N) is 1. The fourth-order valence-electron chi connectivity index (χ4n) is 1.42. The highest BCUT2D eigenvalue weighted by Crippen LogP contribution is 2.15. The van der Waals surface area contributed by atoms with Crippen molar-refractivity contribution < 1.29 is 0 Å². The minimum atomic E-state index is 1.05. The molecule has 0 unspecified atom stereocenters. The van der Waals surface area contributed by atoms with Crippen LogP contribution in [0.15, 0.2) is 18.2 Å². The molecule has 0 bridgehead atoms. The van der Waals surface area contributed by atoms with E-state index < -0.39 is 0 Å². The van der Waals surface area contributed by atoms with Gasteiger partial charge in [-0.3, -0.25) is 0 Å². The molecule has 2 rings (SSSR count). The SMILES string of the molecule is CC.CC.Cc1ccc2c(c1)CNC2. The summed E-state index contributed by atoms with van der Waals surface area (Å²) in [7, 11) is 0. The summed E-state index contributed by atoms with van der Waals surface area (Å²) in [6.07, 6.45) is 0. The molecule has 0 saturated carbocycles. The van der Waals surface area contributed by atoms with E-state index in [9.17, 15) is 0 Å². The Morgan fingerprint density at radius 3 is 2.14 bits per heavy atom. The van der Waals surface area contributed by atoms with Gasteiger partial charge in [-0.05, 0) is 18.1 Å². The van der Waals surface area contributed by atoms with Crippen LogP contribution in [0.3, 0.4) is 0 Å². The quantitative estimate of drug-likeness (QED) is 0.663. The first kappa shape index (κ1) is 13.2. The van der Waals surface area contributed by atoms with Gasteiger partial charge in [0, 0.05) is 13.1 Å². The monoisotopic (exact) mass is 193 g/mol. The summed E-state index contributed by atoms with van der Waals surface area (Å²) in [6.45, 7) is 12.2. The van der Waals surface area contributed by atoms with Crippen LogP contribution in [0.1, 0.15) is 44.4 Å². The first-order chi connectivity index (χ1) is 6.86. The zero-order chi connectivity index (χ0) is 11.0. The lowest BCUT2D eigenvalue weighted by molar-refractivity contribution is 0.765. The Bertz CT molecular complexity index is 253. The van der Waals surface area contributed by atoms with Crippen LogP contribution < -0.4 is 5.32 Å². The maximum Gasteiger partial charge on any atom is 0.0212 e. The molecule has 0 radical (unpaired) electrons. The van der Waals surface area contributed by atoms with Crippen LogP contribution in [-0.4, -0.2) is 0 Å². The van der Waals surface area contributed by atoms with Gasteiger partial charge in [0.2, 0.25) is 0 Å². The Balaban J connectivity index is 0.000000379. The number of rotatable bonds is 0. The molecule has 1 aromatic carbocycles. The van der Waals surface area contributed by atoms with Crippen molar-refractivity contribution in [1.29, 1.82) is 0 Å². The Morgan fingerprint density at radius 1 is 0.929 bits per heavy atom. The van der Waals surface area contributed by atoms with E-state index in [1.165, 1.54) is 16.7 Å².